The summed E-state index contributed by atoms with van der Waals surface area (Å²) in [6, 6.07) is 16.5. The molecule has 3 rings (SSSR count). The number of carbonyl (C=O) groups excluding carboxylic acids is 2. The van der Waals surface area contributed by atoms with E-state index in [2.05, 4.69) is 10.3 Å². The highest BCUT2D eigenvalue weighted by Crippen LogP contribution is 2.18. The molecule has 0 bridgehead atoms. The van der Waals surface area contributed by atoms with Crippen LogP contribution in [-0.2, 0) is 4.79 Å². The summed E-state index contributed by atoms with van der Waals surface area (Å²) in [6.45, 7) is 0. The first-order valence-electron chi connectivity index (χ1n) is 7.47. The fourth-order valence-electron chi connectivity index (χ4n) is 2.41. The second kappa shape index (κ2) is 6.93. The van der Waals surface area contributed by atoms with E-state index in [1.54, 1.807) is 18.2 Å². The Bertz CT molecular complexity index is 897. The quantitative estimate of drug-likeness (QED) is 0.384. The lowest BCUT2D eigenvalue weighted by Gasteiger charge is -2.09. The topological polar surface area (TPSA) is 82.2 Å². The predicted octanol–water partition coefficient (Wildman–Crippen LogP) is 2.50. The number of ketones is 1. The van der Waals surface area contributed by atoms with Gasteiger partial charge in [-0.1, -0.05) is 48.5 Å². The number of hydrogen-bond acceptors (Lipinski definition) is 3. The van der Waals surface area contributed by atoms with Gasteiger partial charge in [-0.2, -0.15) is 0 Å². The van der Waals surface area contributed by atoms with Gasteiger partial charge >= 0.3 is 0 Å². The Hall–Kier alpha value is -3.18. The van der Waals surface area contributed by atoms with Crippen molar-refractivity contribution in [3.8, 4) is 0 Å². The van der Waals surface area contributed by atoms with Crippen LogP contribution in [-0.4, -0.2) is 28.0 Å². The molecule has 0 spiro atoms. The Kier molecular flexibility index (Phi) is 4.54. The zero-order chi connectivity index (χ0) is 16.9. The van der Waals surface area contributed by atoms with Crippen LogP contribution in [0.3, 0.4) is 0 Å². The molecule has 0 radical (unpaired) electrons. The number of para-hydroxylation sites is 1. The molecule has 0 aliphatic carbocycles. The highest BCUT2D eigenvalue weighted by Gasteiger charge is 2.21. The van der Waals surface area contributed by atoms with Crippen LogP contribution in [0.4, 0.5) is 0 Å². The summed E-state index contributed by atoms with van der Waals surface area (Å²) < 4.78 is 0. The Morgan fingerprint density at radius 2 is 1.75 bits per heavy atom. The molecule has 120 valence electrons. The number of aromatic amines is 1. The number of carbonyl (C=O) groups is 2. The lowest BCUT2D eigenvalue weighted by Crippen LogP contribution is -2.39. The molecule has 24 heavy (non-hydrogen) atoms. The Balaban J connectivity index is 1.68. The van der Waals surface area contributed by atoms with Crippen molar-refractivity contribution in [2.24, 2.45) is 0 Å². The second-order valence-corrected chi connectivity index (χ2v) is 5.27. The maximum absolute atomic E-state index is 12.3. The summed E-state index contributed by atoms with van der Waals surface area (Å²) in [7, 11) is 0. The van der Waals surface area contributed by atoms with E-state index in [1.165, 1.54) is 12.3 Å². The molecule has 0 aliphatic rings. The van der Waals surface area contributed by atoms with Gasteiger partial charge < -0.3 is 15.4 Å². The number of aliphatic hydroxyl groups excluding tert-OH is 1. The number of amides is 1. The minimum absolute atomic E-state index is 0.338. The normalized spacial score (nSPS) is 12.4. The monoisotopic (exact) mass is 320 g/mol. The van der Waals surface area contributed by atoms with Gasteiger partial charge in [-0.15, -0.1) is 0 Å². The lowest BCUT2D eigenvalue weighted by molar-refractivity contribution is -0.118. The lowest BCUT2D eigenvalue weighted by atomic mass is 10.1. The summed E-state index contributed by atoms with van der Waals surface area (Å²) in [5, 5.41) is 13.0. The molecular weight excluding hydrogens is 304 g/mol. The van der Waals surface area contributed by atoms with Crippen LogP contribution in [0.15, 0.2) is 66.9 Å². The van der Waals surface area contributed by atoms with E-state index >= 15 is 0 Å². The molecule has 5 heteroatoms. The molecule has 0 saturated carbocycles. The van der Waals surface area contributed by atoms with Crippen molar-refractivity contribution in [3.05, 3.63) is 78.0 Å². The Morgan fingerprint density at radius 3 is 2.54 bits per heavy atom. The van der Waals surface area contributed by atoms with Crippen LogP contribution in [0, 0.1) is 0 Å². The maximum atomic E-state index is 12.3. The molecule has 1 aromatic heterocycles. The third kappa shape index (κ3) is 3.42. The van der Waals surface area contributed by atoms with Crippen LogP contribution in [0.1, 0.15) is 15.9 Å². The van der Waals surface area contributed by atoms with Crippen LogP contribution < -0.4 is 5.32 Å². The van der Waals surface area contributed by atoms with Gasteiger partial charge in [-0.25, -0.2) is 0 Å². The van der Waals surface area contributed by atoms with Crippen LogP contribution in [0.25, 0.3) is 17.0 Å². The number of fused-ring (bicyclic) bond motifs is 1. The van der Waals surface area contributed by atoms with Crippen molar-refractivity contribution in [2.45, 2.75) is 6.23 Å². The molecular formula is C19H16N2O3. The molecule has 1 amide bonds. The molecule has 1 heterocycles. The highest BCUT2D eigenvalue weighted by molar-refractivity contribution is 6.10. The SMILES string of the molecule is O=C(/C=C/c1ccccc1)NC(O)C(=O)c1c[nH]c2ccccc12. The van der Waals surface area contributed by atoms with Gasteiger partial charge in [0.05, 0.1) is 0 Å². The molecule has 3 N–H and O–H groups in total. The largest absolute Gasteiger partial charge is 0.367 e. The Labute approximate surface area is 138 Å². The van der Waals surface area contributed by atoms with Crippen molar-refractivity contribution in [2.75, 3.05) is 0 Å². The van der Waals surface area contributed by atoms with E-state index in [1.807, 2.05) is 42.5 Å². The molecule has 1 unspecified atom stereocenters. The molecule has 3 aromatic rings. The van der Waals surface area contributed by atoms with Gasteiger partial charge in [-0.05, 0) is 17.7 Å². The predicted molar refractivity (Wildman–Crippen MR) is 92.3 cm³/mol. The van der Waals surface area contributed by atoms with E-state index in [-0.39, 0.29) is 0 Å². The summed E-state index contributed by atoms with van der Waals surface area (Å²) in [5.41, 5.74) is 1.99. The number of hydrogen-bond donors (Lipinski definition) is 3. The first-order chi connectivity index (χ1) is 11.6. The van der Waals surface area contributed by atoms with Gasteiger partial charge in [0.1, 0.15) is 0 Å². The number of nitrogens with one attached hydrogen (secondary N) is 2. The smallest absolute Gasteiger partial charge is 0.246 e. The van der Waals surface area contributed by atoms with Crippen LogP contribution >= 0.6 is 0 Å². The van der Waals surface area contributed by atoms with E-state index in [0.717, 1.165) is 11.1 Å². The third-order valence-corrected chi connectivity index (χ3v) is 3.61. The van der Waals surface area contributed by atoms with Gasteiger partial charge in [-0.3, -0.25) is 9.59 Å². The zero-order valence-corrected chi connectivity index (χ0v) is 12.8. The number of aromatic nitrogens is 1. The molecule has 2 aromatic carbocycles. The molecule has 0 saturated heterocycles. The van der Waals surface area contributed by atoms with Crippen molar-refractivity contribution in [1.82, 2.24) is 10.3 Å². The molecule has 0 fully saturated rings. The Morgan fingerprint density at radius 1 is 1.04 bits per heavy atom. The van der Waals surface area contributed by atoms with E-state index < -0.39 is 17.9 Å². The summed E-state index contributed by atoms with van der Waals surface area (Å²) in [5.74, 6) is -1.10. The van der Waals surface area contributed by atoms with Gasteiger partial charge in [0.25, 0.3) is 0 Å². The van der Waals surface area contributed by atoms with Crippen LogP contribution in [0.5, 0.6) is 0 Å². The third-order valence-electron chi connectivity index (χ3n) is 3.61. The van der Waals surface area contributed by atoms with Crippen molar-refractivity contribution in [3.63, 3.8) is 0 Å². The molecule has 1 atom stereocenters. The van der Waals surface area contributed by atoms with Gasteiger partial charge in [0.2, 0.25) is 11.7 Å². The second-order valence-electron chi connectivity index (χ2n) is 5.27. The van der Waals surface area contributed by atoms with Crippen LogP contribution in [0.2, 0.25) is 0 Å². The first-order valence-corrected chi connectivity index (χ1v) is 7.47. The number of rotatable bonds is 5. The minimum atomic E-state index is -1.60. The van der Waals surface area contributed by atoms with E-state index in [9.17, 15) is 14.7 Å². The fraction of sp³-hybridized carbons (Fsp3) is 0.0526. The number of benzene rings is 2. The minimum Gasteiger partial charge on any atom is -0.367 e. The van der Waals surface area contributed by atoms with Crippen molar-refractivity contribution < 1.29 is 14.7 Å². The standard InChI is InChI=1S/C19H16N2O3/c22-17(11-10-13-6-2-1-3-7-13)21-19(24)18(23)15-12-20-16-9-5-4-8-14(15)16/h1-12,19-20,24H,(H,21,22)/b11-10+. The molecule has 5 nitrogen and oxygen atoms in total. The average molecular weight is 320 g/mol. The van der Waals surface area contributed by atoms with E-state index in [0.29, 0.717) is 10.9 Å². The molecule has 0 aliphatic heterocycles. The maximum Gasteiger partial charge on any atom is 0.246 e. The van der Waals surface area contributed by atoms with Crippen molar-refractivity contribution >= 4 is 28.7 Å². The number of H-pyrrole nitrogens is 1. The van der Waals surface area contributed by atoms with Gasteiger partial charge in [0.15, 0.2) is 6.23 Å². The summed E-state index contributed by atoms with van der Waals surface area (Å²) >= 11 is 0. The van der Waals surface area contributed by atoms with Gasteiger partial charge in [0, 0.05) is 28.7 Å². The summed E-state index contributed by atoms with van der Waals surface area (Å²) in [6.07, 6.45) is 2.82. The van der Waals surface area contributed by atoms with E-state index in [4.69, 9.17) is 0 Å². The summed E-state index contributed by atoms with van der Waals surface area (Å²) in [4.78, 5) is 27.1. The highest BCUT2D eigenvalue weighted by atomic mass is 16.3. The average Bonchev–Trinajstić information content (AvgIpc) is 3.04. The van der Waals surface area contributed by atoms with Crippen molar-refractivity contribution in [1.29, 1.82) is 0 Å². The number of aliphatic hydroxyl groups is 1. The first kappa shape index (κ1) is 15.7. The zero-order valence-electron chi connectivity index (χ0n) is 12.8. The fourth-order valence-corrected chi connectivity index (χ4v) is 2.41. The number of Topliss-reactive ketones (excluding diaryl/α,β-unsaturated/α-hetero) is 1.